The molecule has 0 radical (unpaired) electrons. The van der Waals surface area contributed by atoms with Crippen molar-refractivity contribution in [1.29, 1.82) is 0 Å². The first-order chi connectivity index (χ1) is 9.55. The van der Waals surface area contributed by atoms with Crippen molar-refractivity contribution < 1.29 is 8.42 Å². The van der Waals surface area contributed by atoms with E-state index >= 15 is 0 Å². The third-order valence-corrected chi connectivity index (χ3v) is 5.21. The summed E-state index contributed by atoms with van der Waals surface area (Å²) in [5.41, 5.74) is 1.03. The Kier molecular flexibility index (Phi) is 4.78. The third-order valence-electron chi connectivity index (χ3n) is 3.49. The molecule has 0 bridgehead atoms. The third kappa shape index (κ3) is 3.58. The van der Waals surface area contributed by atoms with Crippen molar-refractivity contribution in [2.45, 2.75) is 19.9 Å². The maximum atomic E-state index is 11.9. The largest absolute Gasteiger partial charge is 0.309 e. The van der Waals surface area contributed by atoms with Crippen LogP contribution in [0, 0.1) is 0 Å². The van der Waals surface area contributed by atoms with Crippen molar-refractivity contribution in [3.8, 4) is 0 Å². The molecule has 1 unspecified atom stereocenters. The van der Waals surface area contributed by atoms with Gasteiger partial charge in [0.15, 0.2) is 9.84 Å². The molecule has 2 aromatic rings. The molecule has 2 aromatic carbocycles. The second kappa shape index (κ2) is 6.37. The second-order valence-corrected chi connectivity index (χ2v) is 7.31. The number of hydrogen-bond donors (Lipinski definition) is 1. The first-order valence-electron chi connectivity index (χ1n) is 6.98. The Labute approximate surface area is 120 Å². The van der Waals surface area contributed by atoms with E-state index in [1.807, 2.05) is 31.2 Å². The Morgan fingerprint density at radius 2 is 1.75 bits per heavy atom. The fourth-order valence-corrected chi connectivity index (χ4v) is 3.37. The summed E-state index contributed by atoms with van der Waals surface area (Å²) in [5.74, 6) is 0.332. The van der Waals surface area contributed by atoms with E-state index in [-0.39, 0.29) is 17.5 Å². The highest BCUT2D eigenvalue weighted by Gasteiger charge is 2.18. The van der Waals surface area contributed by atoms with Gasteiger partial charge in [-0.3, -0.25) is 0 Å². The van der Waals surface area contributed by atoms with E-state index in [4.69, 9.17) is 0 Å². The van der Waals surface area contributed by atoms with Crippen molar-refractivity contribution in [3.63, 3.8) is 0 Å². The van der Waals surface area contributed by atoms with Gasteiger partial charge in [0.2, 0.25) is 0 Å². The van der Waals surface area contributed by atoms with E-state index in [2.05, 4.69) is 23.5 Å². The lowest BCUT2D eigenvalue weighted by molar-refractivity contribution is 0.560. The molecule has 0 aromatic heterocycles. The summed E-state index contributed by atoms with van der Waals surface area (Å²) in [7, 11) is -3.00. The highest BCUT2D eigenvalue weighted by atomic mass is 32.2. The first kappa shape index (κ1) is 15.0. The number of sulfone groups is 1. The minimum absolute atomic E-state index is 0.144. The predicted molar refractivity (Wildman–Crippen MR) is 84.7 cm³/mol. The van der Waals surface area contributed by atoms with E-state index in [0.717, 1.165) is 17.5 Å². The average molecular weight is 291 g/mol. The van der Waals surface area contributed by atoms with E-state index in [1.54, 1.807) is 6.92 Å². The van der Waals surface area contributed by atoms with Gasteiger partial charge in [-0.15, -0.1) is 0 Å². The Morgan fingerprint density at radius 1 is 1.05 bits per heavy atom. The summed E-state index contributed by atoms with van der Waals surface area (Å²) in [5, 5.41) is 5.59. The Morgan fingerprint density at radius 3 is 2.40 bits per heavy atom. The summed E-state index contributed by atoms with van der Waals surface area (Å²) in [6, 6.07) is 14.1. The summed E-state index contributed by atoms with van der Waals surface area (Å²) >= 11 is 0. The van der Waals surface area contributed by atoms with Crippen LogP contribution in [0.3, 0.4) is 0 Å². The summed E-state index contributed by atoms with van der Waals surface area (Å²) in [6.45, 7) is 4.43. The standard InChI is InChI=1S/C16H21NO2S/c1-3-17-16(12-20(18,19)4-2)15-10-9-13-7-5-6-8-14(13)11-15/h5-11,16-17H,3-4,12H2,1-2H3. The smallest absolute Gasteiger partial charge is 0.151 e. The van der Waals surface area contributed by atoms with Crippen LogP contribution in [0.1, 0.15) is 25.5 Å². The van der Waals surface area contributed by atoms with Crippen molar-refractivity contribution in [1.82, 2.24) is 5.32 Å². The normalized spacial score (nSPS) is 13.5. The van der Waals surface area contributed by atoms with Gasteiger partial charge in [-0.25, -0.2) is 8.42 Å². The fourth-order valence-electron chi connectivity index (χ4n) is 2.32. The molecule has 0 saturated carbocycles. The van der Waals surface area contributed by atoms with Crippen LogP contribution in [-0.4, -0.2) is 26.5 Å². The average Bonchev–Trinajstić information content (AvgIpc) is 2.46. The Balaban J connectivity index is 2.36. The molecule has 108 valence electrons. The van der Waals surface area contributed by atoms with Gasteiger partial charge in [0.05, 0.1) is 5.75 Å². The van der Waals surface area contributed by atoms with Gasteiger partial charge in [0.25, 0.3) is 0 Å². The number of nitrogens with one attached hydrogen (secondary N) is 1. The van der Waals surface area contributed by atoms with Gasteiger partial charge in [0.1, 0.15) is 0 Å². The minimum Gasteiger partial charge on any atom is -0.309 e. The van der Waals surface area contributed by atoms with Crippen LogP contribution in [0.2, 0.25) is 0 Å². The van der Waals surface area contributed by atoms with Crippen LogP contribution in [0.5, 0.6) is 0 Å². The molecule has 1 atom stereocenters. The molecule has 0 heterocycles. The highest BCUT2D eigenvalue weighted by Crippen LogP contribution is 2.21. The molecule has 0 amide bonds. The monoisotopic (exact) mass is 291 g/mol. The van der Waals surface area contributed by atoms with Crippen LogP contribution in [0.4, 0.5) is 0 Å². The van der Waals surface area contributed by atoms with E-state index in [1.165, 1.54) is 5.39 Å². The molecule has 0 fully saturated rings. The maximum Gasteiger partial charge on any atom is 0.151 e. The first-order valence-corrected chi connectivity index (χ1v) is 8.80. The lowest BCUT2D eigenvalue weighted by Gasteiger charge is -2.18. The topological polar surface area (TPSA) is 46.2 Å². The lowest BCUT2D eigenvalue weighted by Crippen LogP contribution is -2.28. The zero-order valence-corrected chi connectivity index (χ0v) is 12.8. The number of rotatable bonds is 6. The molecular formula is C16H21NO2S. The quantitative estimate of drug-likeness (QED) is 0.890. The highest BCUT2D eigenvalue weighted by molar-refractivity contribution is 7.91. The molecule has 0 spiro atoms. The van der Waals surface area contributed by atoms with Crippen LogP contribution >= 0.6 is 0 Å². The zero-order valence-electron chi connectivity index (χ0n) is 12.0. The van der Waals surface area contributed by atoms with Crippen LogP contribution in [-0.2, 0) is 9.84 Å². The fraction of sp³-hybridized carbons (Fsp3) is 0.375. The lowest BCUT2D eigenvalue weighted by atomic mass is 10.0. The molecule has 2 rings (SSSR count). The molecule has 0 aliphatic rings. The van der Waals surface area contributed by atoms with Crippen molar-refractivity contribution in [2.24, 2.45) is 0 Å². The second-order valence-electron chi connectivity index (χ2n) is 4.92. The van der Waals surface area contributed by atoms with Gasteiger partial charge in [-0.05, 0) is 28.9 Å². The number of hydrogen-bond acceptors (Lipinski definition) is 3. The molecule has 4 heteroatoms. The summed E-state index contributed by atoms with van der Waals surface area (Å²) in [6.07, 6.45) is 0. The molecule has 1 N–H and O–H groups in total. The Hall–Kier alpha value is -1.39. The summed E-state index contributed by atoms with van der Waals surface area (Å²) in [4.78, 5) is 0. The maximum absolute atomic E-state index is 11.9. The van der Waals surface area contributed by atoms with Gasteiger partial charge in [0, 0.05) is 11.8 Å². The SMILES string of the molecule is CCNC(CS(=O)(=O)CC)c1ccc2ccccc2c1. The molecule has 0 aliphatic carbocycles. The molecule has 20 heavy (non-hydrogen) atoms. The van der Waals surface area contributed by atoms with Gasteiger partial charge in [-0.2, -0.15) is 0 Å². The van der Waals surface area contributed by atoms with Crippen molar-refractivity contribution in [3.05, 3.63) is 48.0 Å². The summed E-state index contributed by atoms with van der Waals surface area (Å²) < 4.78 is 23.8. The van der Waals surface area contributed by atoms with E-state index < -0.39 is 9.84 Å². The van der Waals surface area contributed by atoms with Gasteiger partial charge >= 0.3 is 0 Å². The van der Waals surface area contributed by atoms with Crippen molar-refractivity contribution >= 4 is 20.6 Å². The van der Waals surface area contributed by atoms with Gasteiger partial charge < -0.3 is 5.32 Å². The van der Waals surface area contributed by atoms with E-state index in [9.17, 15) is 8.42 Å². The van der Waals surface area contributed by atoms with Crippen LogP contribution in [0.15, 0.2) is 42.5 Å². The van der Waals surface area contributed by atoms with Crippen LogP contribution < -0.4 is 5.32 Å². The predicted octanol–water partition coefficient (Wildman–Crippen LogP) is 2.93. The van der Waals surface area contributed by atoms with Crippen LogP contribution in [0.25, 0.3) is 10.8 Å². The van der Waals surface area contributed by atoms with E-state index in [0.29, 0.717) is 0 Å². The molecular weight excluding hydrogens is 270 g/mol. The molecule has 3 nitrogen and oxygen atoms in total. The number of benzene rings is 2. The van der Waals surface area contributed by atoms with Crippen molar-refractivity contribution in [2.75, 3.05) is 18.1 Å². The number of fused-ring (bicyclic) bond motifs is 1. The Bertz CT molecular complexity index is 680. The molecule has 0 aliphatic heterocycles. The minimum atomic E-state index is -3.00. The molecule has 0 saturated heterocycles. The zero-order chi connectivity index (χ0) is 14.6. The van der Waals surface area contributed by atoms with Gasteiger partial charge in [-0.1, -0.05) is 50.2 Å².